The molecule has 25 heavy (non-hydrogen) atoms. The van der Waals surface area contributed by atoms with Gasteiger partial charge >= 0.3 is 0 Å². The highest BCUT2D eigenvalue weighted by atomic mass is 16.5. The van der Waals surface area contributed by atoms with E-state index in [0.717, 1.165) is 21.9 Å². The maximum absolute atomic E-state index is 12.9. The molecule has 0 spiro atoms. The third kappa shape index (κ3) is 2.65. The van der Waals surface area contributed by atoms with Gasteiger partial charge < -0.3 is 15.2 Å². The second-order valence-electron chi connectivity index (χ2n) is 6.55. The van der Waals surface area contributed by atoms with Crippen molar-refractivity contribution in [3.63, 3.8) is 0 Å². The average molecular weight is 333 g/mol. The molecule has 0 bridgehead atoms. The van der Waals surface area contributed by atoms with Gasteiger partial charge in [-0.1, -0.05) is 48.5 Å². The Hall–Kier alpha value is -2.85. The molecule has 4 nitrogen and oxygen atoms in total. The number of carbonyl (C=O) groups excluding carboxylic acids is 1. The number of hydrogen-bond acceptors (Lipinski definition) is 3. The SMILES string of the molecule is Cc1ccc(O)cc1C(=O)NC1(c2cccc3ccccc23)COC1. The monoisotopic (exact) mass is 333 g/mol. The number of phenols is 1. The lowest BCUT2D eigenvalue weighted by Crippen LogP contribution is -2.59. The summed E-state index contributed by atoms with van der Waals surface area (Å²) >= 11 is 0. The fourth-order valence-corrected chi connectivity index (χ4v) is 3.38. The number of nitrogens with one attached hydrogen (secondary N) is 1. The van der Waals surface area contributed by atoms with Crippen molar-refractivity contribution < 1.29 is 14.6 Å². The Balaban J connectivity index is 1.74. The lowest BCUT2D eigenvalue weighted by atomic mass is 9.84. The third-order valence-electron chi connectivity index (χ3n) is 4.82. The molecule has 1 fully saturated rings. The molecule has 1 aliphatic heterocycles. The highest BCUT2D eigenvalue weighted by Crippen LogP contribution is 2.35. The van der Waals surface area contributed by atoms with Crippen molar-refractivity contribution in [2.75, 3.05) is 13.2 Å². The Morgan fingerprint density at radius 3 is 2.60 bits per heavy atom. The second kappa shape index (κ2) is 5.90. The first kappa shape index (κ1) is 15.7. The van der Waals surface area contributed by atoms with E-state index in [4.69, 9.17) is 4.74 Å². The predicted molar refractivity (Wildman–Crippen MR) is 96.8 cm³/mol. The van der Waals surface area contributed by atoms with Crippen molar-refractivity contribution in [2.45, 2.75) is 12.5 Å². The zero-order chi connectivity index (χ0) is 17.4. The molecule has 0 saturated carbocycles. The number of carbonyl (C=O) groups is 1. The number of hydrogen-bond donors (Lipinski definition) is 2. The molecule has 3 aromatic carbocycles. The van der Waals surface area contributed by atoms with Crippen molar-refractivity contribution in [3.05, 3.63) is 77.4 Å². The van der Waals surface area contributed by atoms with E-state index in [1.165, 1.54) is 6.07 Å². The molecule has 0 unspecified atom stereocenters. The van der Waals surface area contributed by atoms with Gasteiger partial charge in [-0.2, -0.15) is 0 Å². The number of benzene rings is 3. The summed E-state index contributed by atoms with van der Waals surface area (Å²) in [5.41, 5.74) is 1.81. The minimum Gasteiger partial charge on any atom is -0.508 e. The molecule has 2 N–H and O–H groups in total. The summed E-state index contributed by atoms with van der Waals surface area (Å²) in [7, 11) is 0. The summed E-state index contributed by atoms with van der Waals surface area (Å²) in [4.78, 5) is 12.9. The van der Waals surface area contributed by atoms with E-state index in [1.54, 1.807) is 12.1 Å². The largest absolute Gasteiger partial charge is 0.508 e. The first-order chi connectivity index (χ1) is 12.1. The first-order valence-corrected chi connectivity index (χ1v) is 8.27. The summed E-state index contributed by atoms with van der Waals surface area (Å²) in [6.07, 6.45) is 0. The van der Waals surface area contributed by atoms with Crippen LogP contribution in [0.2, 0.25) is 0 Å². The summed E-state index contributed by atoms with van der Waals surface area (Å²) in [5.74, 6) is -0.121. The number of aromatic hydroxyl groups is 1. The fraction of sp³-hybridized carbons (Fsp3) is 0.190. The quantitative estimate of drug-likeness (QED) is 0.771. The van der Waals surface area contributed by atoms with Crippen LogP contribution in [0.4, 0.5) is 0 Å². The second-order valence-corrected chi connectivity index (χ2v) is 6.55. The molecule has 4 heteroatoms. The van der Waals surface area contributed by atoms with E-state index in [1.807, 2.05) is 31.2 Å². The molecule has 3 aromatic rings. The average Bonchev–Trinajstić information content (AvgIpc) is 2.59. The van der Waals surface area contributed by atoms with Gasteiger partial charge in [0.15, 0.2) is 0 Å². The molecule has 1 aliphatic rings. The highest BCUT2D eigenvalue weighted by molar-refractivity contribution is 5.97. The smallest absolute Gasteiger partial charge is 0.252 e. The zero-order valence-corrected chi connectivity index (χ0v) is 14.0. The normalized spacial score (nSPS) is 15.6. The molecule has 126 valence electrons. The van der Waals surface area contributed by atoms with Crippen LogP contribution in [-0.4, -0.2) is 24.2 Å². The van der Waals surface area contributed by atoms with E-state index in [0.29, 0.717) is 18.8 Å². The lowest BCUT2D eigenvalue weighted by molar-refractivity contribution is -0.0726. The zero-order valence-electron chi connectivity index (χ0n) is 14.0. The number of ether oxygens (including phenoxy) is 1. The van der Waals surface area contributed by atoms with Crippen LogP contribution in [0.5, 0.6) is 5.75 Å². The van der Waals surface area contributed by atoms with E-state index in [9.17, 15) is 9.90 Å². The molecular formula is C21H19NO3. The van der Waals surface area contributed by atoms with Crippen LogP contribution in [-0.2, 0) is 10.3 Å². The van der Waals surface area contributed by atoms with Crippen LogP contribution in [0.25, 0.3) is 10.8 Å². The van der Waals surface area contributed by atoms with Crippen molar-refractivity contribution in [2.24, 2.45) is 0 Å². The van der Waals surface area contributed by atoms with Crippen LogP contribution in [0.15, 0.2) is 60.7 Å². The topological polar surface area (TPSA) is 58.6 Å². The van der Waals surface area contributed by atoms with Gasteiger partial charge in [0.25, 0.3) is 5.91 Å². The lowest BCUT2D eigenvalue weighted by Gasteiger charge is -2.43. The molecule has 0 atom stereocenters. The Bertz CT molecular complexity index is 955. The van der Waals surface area contributed by atoms with E-state index < -0.39 is 5.54 Å². The molecule has 0 aromatic heterocycles. The van der Waals surface area contributed by atoms with Gasteiger partial charge in [-0.3, -0.25) is 4.79 Å². The Kier molecular flexibility index (Phi) is 3.70. The molecule has 1 amide bonds. The maximum Gasteiger partial charge on any atom is 0.252 e. The molecular weight excluding hydrogens is 314 g/mol. The van der Waals surface area contributed by atoms with Crippen molar-refractivity contribution in [1.82, 2.24) is 5.32 Å². The van der Waals surface area contributed by atoms with Crippen LogP contribution in [0.1, 0.15) is 21.5 Å². The molecule has 1 heterocycles. The van der Waals surface area contributed by atoms with Crippen LogP contribution in [0.3, 0.4) is 0 Å². The predicted octanol–water partition coefficient (Wildman–Crippen LogP) is 3.51. The van der Waals surface area contributed by atoms with Crippen LogP contribution >= 0.6 is 0 Å². The third-order valence-corrected chi connectivity index (χ3v) is 4.82. The van der Waals surface area contributed by atoms with E-state index in [-0.39, 0.29) is 11.7 Å². The molecule has 0 radical (unpaired) electrons. The standard InChI is InChI=1S/C21H19NO3/c1-14-9-10-16(23)11-18(14)20(24)22-21(12-25-13-21)19-8-4-6-15-5-2-3-7-17(15)19/h2-11,23H,12-13H2,1H3,(H,22,24). The minimum atomic E-state index is -0.546. The number of phenolic OH excluding ortho intramolecular Hbond substituents is 1. The summed E-state index contributed by atoms with van der Waals surface area (Å²) in [5, 5.41) is 15.1. The van der Waals surface area contributed by atoms with Gasteiger partial charge in [0.1, 0.15) is 11.3 Å². The van der Waals surface area contributed by atoms with Gasteiger partial charge in [0.2, 0.25) is 0 Å². The molecule has 1 saturated heterocycles. The summed E-state index contributed by atoms with van der Waals surface area (Å²) in [6, 6.07) is 19.1. The Morgan fingerprint density at radius 2 is 1.84 bits per heavy atom. The molecule has 0 aliphatic carbocycles. The van der Waals surface area contributed by atoms with Gasteiger partial charge in [0.05, 0.1) is 13.2 Å². The first-order valence-electron chi connectivity index (χ1n) is 8.27. The summed E-state index contributed by atoms with van der Waals surface area (Å²) in [6.45, 7) is 2.73. The van der Waals surface area contributed by atoms with Crippen LogP contribution < -0.4 is 5.32 Å². The van der Waals surface area contributed by atoms with Gasteiger partial charge in [-0.15, -0.1) is 0 Å². The fourth-order valence-electron chi connectivity index (χ4n) is 3.38. The van der Waals surface area contributed by atoms with Gasteiger partial charge in [0, 0.05) is 5.56 Å². The minimum absolute atomic E-state index is 0.0832. The van der Waals surface area contributed by atoms with Crippen molar-refractivity contribution >= 4 is 16.7 Å². The van der Waals surface area contributed by atoms with Gasteiger partial charge in [-0.05, 0) is 41.0 Å². The summed E-state index contributed by atoms with van der Waals surface area (Å²) < 4.78 is 5.47. The van der Waals surface area contributed by atoms with Crippen molar-refractivity contribution in [3.8, 4) is 5.75 Å². The Labute approximate surface area is 146 Å². The van der Waals surface area contributed by atoms with Gasteiger partial charge in [-0.25, -0.2) is 0 Å². The number of fused-ring (bicyclic) bond motifs is 1. The molecule has 4 rings (SSSR count). The number of aryl methyl sites for hydroxylation is 1. The Morgan fingerprint density at radius 1 is 1.08 bits per heavy atom. The highest BCUT2D eigenvalue weighted by Gasteiger charge is 2.43. The van der Waals surface area contributed by atoms with E-state index >= 15 is 0 Å². The number of amides is 1. The van der Waals surface area contributed by atoms with Crippen molar-refractivity contribution in [1.29, 1.82) is 0 Å². The maximum atomic E-state index is 12.9. The number of rotatable bonds is 3. The van der Waals surface area contributed by atoms with Crippen LogP contribution in [0, 0.1) is 6.92 Å². The van der Waals surface area contributed by atoms with E-state index in [2.05, 4.69) is 23.5 Å².